The van der Waals surface area contributed by atoms with Gasteiger partial charge in [-0.2, -0.15) is 0 Å². The van der Waals surface area contributed by atoms with Crippen LogP contribution in [-0.4, -0.2) is 15.0 Å². The Morgan fingerprint density at radius 3 is 1.60 bits per heavy atom. The van der Waals surface area contributed by atoms with E-state index < -0.39 is 5.41 Å². The van der Waals surface area contributed by atoms with Crippen molar-refractivity contribution in [2.75, 3.05) is 0 Å². The molecule has 2 aliphatic rings. The lowest BCUT2D eigenvalue weighted by Gasteiger charge is -2.39. The summed E-state index contributed by atoms with van der Waals surface area (Å²) in [6.07, 6.45) is 0. The van der Waals surface area contributed by atoms with E-state index in [1.165, 1.54) is 22.3 Å². The van der Waals surface area contributed by atoms with Gasteiger partial charge in [-0.25, -0.2) is 19.8 Å². The van der Waals surface area contributed by atoms with Crippen molar-refractivity contribution >= 4 is 5.69 Å². The Hall–Kier alpha value is -7.94. The molecule has 0 unspecified atom stereocenters. The van der Waals surface area contributed by atoms with Crippen LogP contribution in [0.2, 0.25) is 0 Å². The first kappa shape index (κ1) is 37.1. The number of fused-ring (bicyclic) bond motifs is 9. The minimum absolute atomic E-state index is 0.105. The highest BCUT2D eigenvalue weighted by Crippen LogP contribution is 2.62. The molecule has 0 saturated carbocycles. The van der Waals surface area contributed by atoms with Gasteiger partial charge in [0.25, 0.3) is 0 Å². The van der Waals surface area contributed by atoms with E-state index in [1.54, 1.807) is 0 Å². The number of hydrogen-bond acceptors (Lipinski definition) is 4. The van der Waals surface area contributed by atoms with Gasteiger partial charge in [0.15, 0.2) is 23.2 Å². The topological polar surface area (TPSA) is 52.3 Å². The molecule has 9 aromatic rings. The van der Waals surface area contributed by atoms with Crippen molar-refractivity contribution in [1.82, 2.24) is 15.0 Å². The van der Waals surface area contributed by atoms with Gasteiger partial charge in [0.2, 0.25) is 0 Å². The molecule has 0 radical (unpaired) electrons. The van der Waals surface area contributed by atoms with Crippen molar-refractivity contribution in [2.45, 2.75) is 31.6 Å². The minimum atomic E-state index is -0.536. The molecule has 0 N–H and O–H groups in total. The van der Waals surface area contributed by atoms with Gasteiger partial charge in [0.05, 0.1) is 12.0 Å². The van der Waals surface area contributed by atoms with Gasteiger partial charge in [0, 0.05) is 27.8 Å². The highest BCUT2D eigenvalue weighted by Gasteiger charge is 2.51. The fourth-order valence-corrected chi connectivity index (χ4v) is 9.37. The number of nitrogens with zero attached hydrogens (tertiary/aromatic N) is 4. The van der Waals surface area contributed by atoms with E-state index in [0.29, 0.717) is 28.7 Å². The van der Waals surface area contributed by atoms with E-state index in [1.807, 2.05) is 48.5 Å². The van der Waals surface area contributed by atoms with Crippen molar-refractivity contribution in [2.24, 2.45) is 0 Å². The first-order chi connectivity index (χ1) is 30.3. The van der Waals surface area contributed by atoms with Crippen molar-refractivity contribution in [3.63, 3.8) is 0 Å². The number of aromatic nitrogens is 3. The molecule has 8 aromatic carbocycles. The van der Waals surface area contributed by atoms with Crippen LogP contribution in [0, 0.1) is 6.57 Å². The van der Waals surface area contributed by atoms with E-state index >= 15 is 0 Å². The Morgan fingerprint density at radius 1 is 0.419 bits per heavy atom. The van der Waals surface area contributed by atoms with Crippen molar-refractivity contribution in [1.29, 1.82) is 0 Å². The third-order valence-electron chi connectivity index (χ3n) is 12.4. The third kappa shape index (κ3) is 5.95. The molecule has 62 heavy (non-hydrogen) atoms. The van der Waals surface area contributed by atoms with Crippen molar-refractivity contribution < 1.29 is 4.74 Å². The third-order valence-corrected chi connectivity index (χ3v) is 12.4. The first-order valence-corrected chi connectivity index (χ1v) is 21.0. The van der Waals surface area contributed by atoms with Crippen LogP contribution in [0.1, 0.15) is 48.6 Å². The quantitative estimate of drug-likeness (QED) is 0.163. The Bertz CT molecular complexity index is 3240. The second-order valence-corrected chi connectivity index (χ2v) is 17.1. The predicted molar refractivity (Wildman–Crippen MR) is 249 cm³/mol. The molecule has 0 fully saturated rings. The number of benzene rings is 8. The molecule has 0 bridgehead atoms. The molecule has 1 aromatic heterocycles. The zero-order chi connectivity index (χ0) is 42.0. The van der Waals surface area contributed by atoms with E-state index in [0.717, 1.165) is 61.6 Å². The lowest BCUT2D eigenvalue weighted by molar-refractivity contribution is 0.436. The van der Waals surface area contributed by atoms with Crippen LogP contribution < -0.4 is 4.74 Å². The Balaban J connectivity index is 1.02. The largest absolute Gasteiger partial charge is 0.457 e. The van der Waals surface area contributed by atoms with Gasteiger partial charge in [-0.3, -0.25) is 0 Å². The normalized spacial score (nSPS) is 13.0. The fraction of sp³-hybridized carbons (Fsp3) is 0.0877. The highest BCUT2D eigenvalue weighted by atomic mass is 16.5. The Labute approximate surface area is 361 Å². The van der Waals surface area contributed by atoms with Gasteiger partial charge >= 0.3 is 0 Å². The van der Waals surface area contributed by atoms with Gasteiger partial charge in [-0.15, -0.1) is 0 Å². The molecule has 1 aliphatic carbocycles. The smallest absolute Gasteiger partial charge is 0.198 e. The van der Waals surface area contributed by atoms with Gasteiger partial charge in [0.1, 0.15) is 11.5 Å². The van der Waals surface area contributed by atoms with Crippen LogP contribution in [-0.2, 0) is 10.8 Å². The summed E-state index contributed by atoms with van der Waals surface area (Å²) in [7, 11) is 0. The average molecular weight is 797 g/mol. The number of para-hydroxylation sites is 1. The lowest BCUT2D eigenvalue weighted by Crippen LogP contribution is -2.32. The maximum atomic E-state index is 8.10. The predicted octanol–water partition coefficient (Wildman–Crippen LogP) is 14.5. The summed E-state index contributed by atoms with van der Waals surface area (Å²) in [5.74, 6) is 3.31. The summed E-state index contributed by atoms with van der Waals surface area (Å²) >= 11 is 0. The molecule has 294 valence electrons. The second-order valence-electron chi connectivity index (χ2n) is 17.1. The molecule has 0 saturated heterocycles. The molecular weight excluding hydrogens is 757 g/mol. The first-order valence-electron chi connectivity index (χ1n) is 21.0. The zero-order valence-corrected chi connectivity index (χ0v) is 34.6. The molecule has 1 spiro atoms. The number of rotatable bonds is 5. The van der Waals surface area contributed by atoms with E-state index in [4.69, 9.17) is 26.3 Å². The molecule has 5 heteroatoms. The number of hydrogen-bond donors (Lipinski definition) is 0. The number of ether oxygens (including phenoxy) is 1. The Kier molecular flexibility index (Phi) is 8.59. The van der Waals surface area contributed by atoms with E-state index in [2.05, 4.69) is 165 Å². The van der Waals surface area contributed by atoms with Crippen LogP contribution in [0.3, 0.4) is 0 Å². The maximum absolute atomic E-state index is 8.10. The van der Waals surface area contributed by atoms with Crippen LogP contribution in [0.25, 0.3) is 72.4 Å². The van der Waals surface area contributed by atoms with Gasteiger partial charge < -0.3 is 4.74 Å². The summed E-state index contributed by atoms with van der Waals surface area (Å²) in [6, 6.07) is 65.8. The van der Waals surface area contributed by atoms with Gasteiger partial charge in [-0.05, 0) is 80.3 Å². The summed E-state index contributed by atoms with van der Waals surface area (Å²) in [5, 5.41) is 0. The maximum Gasteiger partial charge on any atom is 0.198 e. The Morgan fingerprint density at radius 2 is 0.935 bits per heavy atom. The van der Waals surface area contributed by atoms with E-state index in [-0.39, 0.29) is 5.41 Å². The molecule has 5 nitrogen and oxygen atoms in total. The zero-order valence-electron chi connectivity index (χ0n) is 34.6. The minimum Gasteiger partial charge on any atom is -0.457 e. The SMILES string of the molecule is [C-]#[N+]c1cc(C(C)(C)C)ccc1-c1nc(-c2ccccc2)nc(-c2cccc(-c3cccc(-c4ccc5c(c4)C4(c6ccccc6O5)c5ccccc5-c5ccccc54)c3)c2)n1. The van der Waals surface area contributed by atoms with E-state index in [9.17, 15) is 0 Å². The van der Waals surface area contributed by atoms with Crippen molar-refractivity contribution in [3.05, 3.63) is 227 Å². The summed E-state index contributed by atoms with van der Waals surface area (Å²) in [4.78, 5) is 18.9. The monoisotopic (exact) mass is 796 g/mol. The van der Waals surface area contributed by atoms with Gasteiger partial charge in [-0.1, -0.05) is 184 Å². The van der Waals surface area contributed by atoms with Crippen LogP contribution in [0.15, 0.2) is 188 Å². The molecular formula is C57H40N4O. The van der Waals surface area contributed by atoms with Crippen LogP contribution in [0.4, 0.5) is 5.69 Å². The summed E-state index contributed by atoms with van der Waals surface area (Å²) in [6.45, 7) is 14.5. The molecule has 2 heterocycles. The average Bonchev–Trinajstić information content (AvgIpc) is 3.61. The van der Waals surface area contributed by atoms with Crippen LogP contribution in [0.5, 0.6) is 11.5 Å². The molecule has 1 aliphatic heterocycles. The fourth-order valence-electron chi connectivity index (χ4n) is 9.37. The van der Waals surface area contributed by atoms with Crippen LogP contribution >= 0.6 is 0 Å². The summed E-state index contributed by atoms with van der Waals surface area (Å²) < 4.78 is 6.71. The molecule has 11 rings (SSSR count). The highest BCUT2D eigenvalue weighted by molar-refractivity contribution is 5.89. The van der Waals surface area contributed by atoms with Crippen molar-refractivity contribution in [3.8, 4) is 79.0 Å². The standard InChI is InChI=1S/C57H40N4O/c1-56(2,3)42-29-30-45(50(35-42)58-4)55-60-53(36-16-6-5-7-17-36)59-54(61-55)41-21-15-20-39(33-41)37-18-14-19-38(32-37)40-28-31-52-49(34-40)57(48-26-12-13-27-51(48)62-52)46-24-10-8-22-43(46)44-23-9-11-25-47(44)57/h5-35H,1-3H3. The lowest BCUT2D eigenvalue weighted by atomic mass is 9.66. The molecule has 0 atom stereocenters. The molecule has 0 amide bonds. The summed E-state index contributed by atoms with van der Waals surface area (Å²) in [5.41, 5.74) is 15.0. The second kappa shape index (κ2) is 14.4.